The first-order valence-corrected chi connectivity index (χ1v) is 11.2. The SMILES string of the molecule is C=C(/C=C\C(C)=C(/C)Cc1ccc(-c2ccc(F)cc2)s1)[C@@H]1O[C@H](CO)[C@@H](O)[C@H](O)[C@H]1O. The number of hydrogen-bond donors (Lipinski definition) is 4. The lowest BCUT2D eigenvalue weighted by molar-refractivity contribution is -0.218. The van der Waals surface area contributed by atoms with Crippen LogP contribution in [0.25, 0.3) is 10.4 Å². The summed E-state index contributed by atoms with van der Waals surface area (Å²) in [5, 5.41) is 39.4. The maximum Gasteiger partial charge on any atom is 0.123 e. The van der Waals surface area contributed by atoms with E-state index in [0.717, 1.165) is 28.0 Å². The molecule has 7 heteroatoms. The van der Waals surface area contributed by atoms with Crippen LogP contribution in [0.1, 0.15) is 18.7 Å². The number of thiophene rings is 1. The third-order valence-corrected chi connectivity index (χ3v) is 6.84. The van der Waals surface area contributed by atoms with Crippen molar-refractivity contribution in [1.29, 1.82) is 0 Å². The van der Waals surface area contributed by atoms with Gasteiger partial charge < -0.3 is 25.2 Å². The van der Waals surface area contributed by atoms with Gasteiger partial charge in [-0.15, -0.1) is 11.3 Å². The Morgan fingerprint density at radius 3 is 2.38 bits per heavy atom. The van der Waals surface area contributed by atoms with E-state index >= 15 is 0 Å². The third kappa shape index (κ3) is 5.61. The molecular weight excluding hydrogens is 431 g/mol. The molecular formula is C25H29FO5S. The largest absolute Gasteiger partial charge is 0.394 e. The fourth-order valence-corrected chi connectivity index (χ4v) is 4.62. The van der Waals surface area contributed by atoms with Gasteiger partial charge in [-0.3, -0.25) is 0 Å². The number of halogens is 1. The predicted octanol–water partition coefficient (Wildman–Crippen LogP) is 3.39. The van der Waals surface area contributed by atoms with E-state index in [1.165, 1.54) is 17.0 Å². The molecule has 0 aliphatic carbocycles. The molecule has 3 rings (SSSR count). The molecule has 0 amide bonds. The average molecular weight is 461 g/mol. The van der Waals surface area contributed by atoms with Crippen LogP contribution in [0.15, 0.2) is 71.8 Å². The van der Waals surface area contributed by atoms with Crippen molar-refractivity contribution in [3.63, 3.8) is 0 Å². The minimum Gasteiger partial charge on any atom is -0.394 e. The molecule has 2 heterocycles. The molecule has 0 spiro atoms. The molecule has 1 aliphatic rings. The van der Waals surface area contributed by atoms with Gasteiger partial charge in [-0.05, 0) is 49.2 Å². The number of rotatable bonds is 7. The summed E-state index contributed by atoms with van der Waals surface area (Å²) in [5.74, 6) is -0.253. The van der Waals surface area contributed by atoms with E-state index in [0.29, 0.717) is 5.57 Å². The zero-order chi connectivity index (χ0) is 23.4. The summed E-state index contributed by atoms with van der Waals surface area (Å²) in [4.78, 5) is 2.26. The minimum absolute atomic E-state index is 0.253. The summed E-state index contributed by atoms with van der Waals surface area (Å²) in [6.45, 7) is 7.46. The van der Waals surface area contributed by atoms with Crippen LogP contribution in [-0.4, -0.2) is 57.6 Å². The molecule has 1 aromatic heterocycles. The predicted molar refractivity (Wildman–Crippen MR) is 124 cm³/mol. The van der Waals surface area contributed by atoms with Gasteiger partial charge >= 0.3 is 0 Å². The van der Waals surface area contributed by atoms with Crippen molar-refractivity contribution in [3.8, 4) is 10.4 Å². The van der Waals surface area contributed by atoms with Gasteiger partial charge in [0, 0.05) is 16.2 Å². The Kier molecular flexibility index (Phi) is 8.16. The molecule has 32 heavy (non-hydrogen) atoms. The van der Waals surface area contributed by atoms with Crippen LogP contribution >= 0.6 is 11.3 Å². The van der Waals surface area contributed by atoms with Crippen molar-refractivity contribution < 1.29 is 29.6 Å². The fraction of sp³-hybridized carbons (Fsp3) is 0.360. The molecule has 1 fully saturated rings. The lowest BCUT2D eigenvalue weighted by Crippen LogP contribution is -2.58. The molecule has 5 atom stereocenters. The van der Waals surface area contributed by atoms with E-state index in [2.05, 4.69) is 12.6 Å². The number of aliphatic hydroxyl groups excluding tert-OH is 4. The molecule has 0 radical (unpaired) electrons. The molecule has 0 unspecified atom stereocenters. The van der Waals surface area contributed by atoms with E-state index in [9.17, 15) is 24.8 Å². The van der Waals surface area contributed by atoms with Crippen molar-refractivity contribution in [1.82, 2.24) is 0 Å². The highest BCUT2D eigenvalue weighted by molar-refractivity contribution is 7.15. The van der Waals surface area contributed by atoms with Gasteiger partial charge in [0.25, 0.3) is 0 Å². The van der Waals surface area contributed by atoms with Gasteiger partial charge in [-0.1, -0.05) is 42.0 Å². The van der Waals surface area contributed by atoms with Crippen molar-refractivity contribution in [2.45, 2.75) is 50.8 Å². The van der Waals surface area contributed by atoms with E-state index in [4.69, 9.17) is 4.74 Å². The lowest BCUT2D eigenvalue weighted by Gasteiger charge is -2.40. The molecule has 2 aromatic rings. The smallest absolute Gasteiger partial charge is 0.123 e. The van der Waals surface area contributed by atoms with Crippen LogP contribution in [0.4, 0.5) is 4.39 Å². The van der Waals surface area contributed by atoms with Gasteiger partial charge in [0.15, 0.2) is 0 Å². The second-order valence-electron chi connectivity index (χ2n) is 8.07. The van der Waals surface area contributed by atoms with E-state index < -0.39 is 37.1 Å². The van der Waals surface area contributed by atoms with Gasteiger partial charge in [-0.2, -0.15) is 0 Å². The number of allylic oxidation sites excluding steroid dienone is 3. The average Bonchev–Trinajstić information content (AvgIpc) is 3.24. The minimum atomic E-state index is -1.43. The maximum atomic E-state index is 13.1. The first kappa shape index (κ1) is 24.5. The third-order valence-electron chi connectivity index (χ3n) is 5.71. The topological polar surface area (TPSA) is 90.2 Å². The molecule has 0 bridgehead atoms. The van der Waals surface area contributed by atoms with Gasteiger partial charge in [0.1, 0.15) is 36.3 Å². The van der Waals surface area contributed by atoms with Crippen LogP contribution in [0.5, 0.6) is 0 Å². The van der Waals surface area contributed by atoms with Crippen LogP contribution in [0, 0.1) is 5.82 Å². The normalized spacial score (nSPS) is 26.9. The van der Waals surface area contributed by atoms with E-state index in [1.54, 1.807) is 29.5 Å². The summed E-state index contributed by atoms with van der Waals surface area (Å²) in [6, 6.07) is 10.6. The van der Waals surface area contributed by atoms with Gasteiger partial charge in [-0.25, -0.2) is 4.39 Å². The zero-order valence-electron chi connectivity index (χ0n) is 18.1. The standard InChI is InChI=1S/C25H29FO5S/c1-14(4-5-15(2)25-24(30)23(29)22(28)20(13-27)31-25)16(3)12-19-10-11-21(32-19)17-6-8-18(26)9-7-17/h4-11,20,22-25,27-30H,2,12-13H2,1,3H3/b5-4-,16-14+/t20-,22-,23+,24-,25+/m1/s1. The Hall–Kier alpha value is -2.13. The van der Waals surface area contributed by atoms with E-state index in [1.807, 2.05) is 26.0 Å². The second kappa shape index (κ2) is 10.7. The van der Waals surface area contributed by atoms with Crippen molar-refractivity contribution in [3.05, 3.63) is 82.5 Å². The first-order chi connectivity index (χ1) is 15.2. The lowest BCUT2D eigenvalue weighted by atomic mass is 9.91. The summed E-state index contributed by atoms with van der Waals surface area (Å²) in [6.07, 6.45) is -1.71. The Morgan fingerprint density at radius 1 is 1.03 bits per heavy atom. The van der Waals surface area contributed by atoms with Crippen LogP contribution < -0.4 is 0 Å². The van der Waals surface area contributed by atoms with Crippen LogP contribution in [0.2, 0.25) is 0 Å². The highest BCUT2D eigenvalue weighted by Gasteiger charge is 2.43. The number of ether oxygens (including phenoxy) is 1. The Labute approximate surface area is 191 Å². The quantitative estimate of drug-likeness (QED) is 0.476. The number of aliphatic hydroxyl groups is 4. The summed E-state index contributed by atoms with van der Waals surface area (Å²) in [7, 11) is 0. The number of hydrogen-bond acceptors (Lipinski definition) is 6. The van der Waals surface area contributed by atoms with Crippen LogP contribution in [0.3, 0.4) is 0 Å². The maximum absolute atomic E-state index is 13.1. The second-order valence-corrected chi connectivity index (χ2v) is 9.24. The van der Waals surface area contributed by atoms with Gasteiger partial charge in [0.05, 0.1) is 6.61 Å². The molecule has 1 aromatic carbocycles. The summed E-state index contributed by atoms with van der Waals surface area (Å²) < 4.78 is 18.7. The van der Waals surface area contributed by atoms with Crippen molar-refractivity contribution in [2.24, 2.45) is 0 Å². The molecule has 1 saturated heterocycles. The van der Waals surface area contributed by atoms with Gasteiger partial charge in [0.2, 0.25) is 0 Å². The molecule has 0 saturated carbocycles. The highest BCUT2D eigenvalue weighted by atomic mass is 32.1. The molecule has 1 aliphatic heterocycles. The highest BCUT2D eigenvalue weighted by Crippen LogP contribution is 2.30. The Morgan fingerprint density at radius 2 is 1.72 bits per heavy atom. The van der Waals surface area contributed by atoms with Crippen molar-refractivity contribution in [2.75, 3.05) is 6.61 Å². The molecule has 172 valence electrons. The Bertz CT molecular complexity index is 992. The number of benzene rings is 1. The molecule has 4 N–H and O–H groups in total. The molecule has 5 nitrogen and oxygen atoms in total. The summed E-state index contributed by atoms with van der Waals surface area (Å²) >= 11 is 1.66. The van der Waals surface area contributed by atoms with E-state index in [-0.39, 0.29) is 5.82 Å². The monoisotopic (exact) mass is 460 g/mol. The first-order valence-electron chi connectivity index (χ1n) is 10.4. The summed E-state index contributed by atoms with van der Waals surface area (Å²) in [5.41, 5.74) is 3.59. The van der Waals surface area contributed by atoms with Crippen LogP contribution in [-0.2, 0) is 11.2 Å². The Balaban J connectivity index is 1.66. The van der Waals surface area contributed by atoms with Crippen molar-refractivity contribution >= 4 is 11.3 Å². The zero-order valence-corrected chi connectivity index (χ0v) is 18.9. The fourth-order valence-electron chi connectivity index (χ4n) is 3.52.